The van der Waals surface area contributed by atoms with E-state index >= 15 is 0 Å². The van der Waals surface area contributed by atoms with Crippen LogP contribution in [-0.4, -0.2) is 54.9 Å². The van der Waals surface area contributed by atoms with Gasteiger partial charge in [-0.25, -0.2) is 22.6 Å². The van der Waals surface area contributed by atoms with Gasteiger partial charge in [0, 0.05) is 48.9 Å². The number of halogens is 1. The fraction of sp³-hybridized carbons (Fsp3) is 0.323. The second-order valence-corrected chi connectivity index (χ2v) is 13.2. The van der Waals surface area contributed by atoms with Crippen molar-refractivity contribution in [1.82, 2.24) is 14.6 Å². The maximum Gasteiger partial charge on any atom is 0.415 e. The number of carbonyl (C=O) groups is 2. The number of amides is 2. The quantitative estimate of drug-likeness (QED) is 0.295. The predicted octanol–water partition coefficient (Wildman–Crippen LogP) is 5.47. The molecular formula is C31H33FN4O6S. The predicted molar refractivity (Wildman–Crippen MR) is 159 cm³/mol. The van der Waals surface area contributed by atoms with Gasteiger partial charge in [-0.1, -0.05) is 24.3 Å². The van der Waals surface area contributed by atoms with Crippen LogP contribution < -0.4 is 10.2 Å². The van der Waals surface area contributed by atoms with Crippen LogP contribution in [0, 0.1) is 5.82 Å². The van der Waals surface area contributed by atoms with Gasteiger partial charge < -0.3 is 14.5 Å². The number of benzene rings is 2. The fourth-order valence-electron chi connectivity index (χ4n) is 4.86. The lowest BCUT2D eigenvalue weighted by Crippen LogP contribution is -2.45. The van der Waals surface area contributed by atoms with Gasteiger partial charge in [0.05, 0.1) is 0 Å². The van der Waals surface area contributed by atoms with Crippen LogP contribution in [0.5, 0.6) is 0 Å². The van der Waals surface area contributed by atoms with E-state index in [1.54, 1.807) is 82.5 Å². The van der Waals surface area contributed by atoms with Gasteiger partial charge in [-0.3, -0.25) is 9.69 Å². The van der Waals surface area contributed by atoms with Crippen molar-refractivity contribution in [2.45, 2.75) is 56.9 Å². The topological polar surface area (TPSA) is 122 Å². The average Bonchev–Trinajstić information content (AvgIpc) is 3.64. The van der Waals surface area contributed by atoms with Crippen molar-refractivity contribution in [2.75, 3.05) is 18.5 Å². The van der Waals surface area contributed by atoms with Gasteiger partial charge in [0.2, 0.25) is 11.0 Å². The van der Waals surface area contributed by atoms with Crippen LogP contribution in [0.4, 0.5) is 15.0 Å². The molecule has 1 atom stereocenters. The number of carbonyl (C=O) groups excluding carboxylic acids is 2. The molecule has 2 amide bonds. The summed E-state index contributed by atoms with van der Waals surface area (Å²) in [6.45, 7) is 5.36. The van der Waals surface area contributed by atoms with Crippen molar-refractivity contribution in [1.29, 1.82) is 0 Å². The first-order valence-electron chi connectivity index (χ1n) is 13.8. The zero-order chi connectivity index (χ0) is 30.9. The highest BCUT2D eigenvalue weighted by atomic mass is 32.2. The van der Waals surface area contributed by atoms with Crippen LogP contribution in [-0.2, 0) is 26.1 Å². The van der Waals surface area contributed by atoms with E-state index in [1.165, 1.54) is 17.0 Å². The van der Waals surface area contributed by atoms with Crippen LogP contribution in [0.1, 0.15) is 39.2 Å². The number of para-hydroxylation sites is 1. The van der Waals surface area contributed by atoms with E-state index in [2.05, 4.69) is 10.3 Å². The number of nitrogens with zero attached hydrogens (tertiary/aromatic N) is 3. The van der Waals surface area contributed by atoms with Crippen LogP contribution in [0.25, 0.3) is 22.1 Å². The zero-order valence-electron chi connectivity index (χ0n) is 24.3. The van der Waals surface area contributed by atoms with Crippen LogP contribution in [0.15, 0.2) is 76.4 Å². The second-order valence-electron chi connectivity index (χ2n) is 11.3. The summed E-state index contributed by atoms with van der Waals surface area (Å²) in [7, 11) is -2.50. The molecule has 1 saturated heterocycles. The Labute approximate surface area is 249 Å². The highest BCUT2D eigenvalue weighted by Crippen LogP contribution is 2.30. The SMILES string of the molecule is CN(C(=O)OC(C)(C)C)c1ccc(-c2ccc(F)c(CNC(=O)C3CCCN3S(=O)(=O)c3cc4ccccc4o3)c2)cn1. The molecule has 12 heteroatoms. The van der Waals surface area contributed by atoms with E-state index in [9.17, 15) is 22.4 Å². The van der Waals surface area contributed by atoms with Crippen molar-refractivity contribution in [3.8, 4) is 11.1 Å². The van der Waals surface area contributed by atoms with Crippen molar-refractivity contribution >= 4 is 38.8 Å². The molecule has 10 nitrogen and oxygen atoms in total. The lowest BCUT2D eigenvalue weighted by Gasteiger charge is -2.24. The normalized spacial score (nSPS) is 15.9. The first-order valence-corrected chi connectivity index (χ1v) is 15.3. The van der Waals surface area contributed by atoms with Crippen LogP contribution in [0.3, 0.4) is 0 Å². The molecule has 4 aromatic rings. The van der Waals surface area contributed by atoms with E-state index in [0.29, 0.717) is 40.8 Å². The van der Waals surface area contributed by atoms with Gasteiger partial charge in [-0.05, 0) is 69.5 Å². The maximum atomic E-state index is 14.8. The van der Waals surface area contributed by atoms with E-state index in [-0.39, 0.29) is 23.7 Å². The molecule has 2 aromatic heterocycles. The molecule has 3 heterocycles. The Hall–Kier alpha value is -4.29. The molecule has 43 heavy (non-hydrogen) atoms. The molecule has 0 aliphatic carbocycles. The van der Waals surface area contributed by atoms with Crippen molar-refractivity contribution in [3.05, 3.63) is 78.2 Å². The summed E-state index contributed by atoms with van der Waals surface area (Å²) in [5.74, 6) is -0.652. The van der Waals surface area contributed by atoms with Gasteiger partial charge in [-0.2, -0.15) is 4.31 Å². The molecule has 1 unspecified atom stereocenters. The standard InChI is InChI=1S/C31H33FN4O6S/c1-31(2,3)42-30(38)35(4)27-14-12-22(18-33-27)20-11-13-24(32)23(16-20)19-34-29(37)25-9-7-15-36(25)43(39,40)28-17-21-8-5-6-10-26(21)41-28/h5-6,8,10-14,16-18,25H,7,9,15,19H2,1-4H3,(H,34,37). The number of ether oxygens (including phenoxy) is 1. The summed E-state index contributed by atoms with van der Waals surface area (Å²) in [4.78, 5) is 31.2. The summed E-state index contributed by atoms with van der Waals surface area (Å²) in [5, 5.41) is 3.14. The third-order valence-electron chi connectivity index (χ3n) is 7.06. The Kier molecular flexibility index (Phi) is 8.26. The van der Waals surface area contributed by atoms with Crippen LogP contribution in [0.2, 0.25) is 0 Å². The summed E-state index contributed by atoms with van der Waals surface area (Å²) in [6.07, 6.45) is 1.86. The monoisotopic (exact) mass is 608 g/mol. The van der Waals surface area contributed by atoms with Crippen LogP contribution >= 0.6 is 0 Å². The maximum absolute atomic E-state index is 14.8. The Morgan fingerprint density at radius 2 is 1.86 bits per heavy atom. The lowest BCUT2D eigenvalue weighted by atomic mass is 10.0. The second kappa shape index (κ2) is 11.8. The molecule has 5 rings (SSSR count). The summed E-state index contributed by atoms with van der Waals surface area (Å²) in [6, 6.07) is 15.4. The van der Waals surface area contributed by atoms with E-state index in [1.807, 2.05) is 0 Å². The van der Waals surface area contributed by atoms with Gasteiger partial charge >= 0.3 is 6.09 Å². The average molecular weight is 609 g/mol. The molecule has 0 saturated carbocycles. The zero-order valence-corrected chi connectivity index (χ0v) is 25.2. The number of rotatable bonds is 7. The Balaban J connectivity index is 1.27. The molecule has 0 spiro atoms. The molecule has 1 N–H and O–H groups in total. The molecule has 226 valence electrons. The third-order valence-corrected chi connectivity index (χ3v) is 8.83. The molecule has 1 aliphatic rings. The number of hydrogen-bond acceptors (Lipinski definition) is 7. The summed E-state index contributed by atoms with van der Waals surface area (Å²) in [5.41, 5.74) is 1.35. The van der Waals surface area contributed by atoms with Gasteiger partial charge in [0.1, 0.15) is 28.9 Å². The fourth-order valence-corrected chi connectivity index (χ4v) is 6.47. The van der Waals surface area contributed by atoms with Gasteiger partial charge in [-0.15, -0.1) is 0 Å². The third kappa shape index (κ3) is 6.55. The Morgan fingerprint density at radius 3 is 2.56 bits per heavy atom. The first kappa shape index (κ1) is 30.2. The smallest absolute Gasteiger partial charge is 0.415 e. The minimum Gasteiger partial charge on any atom is -0.443 e. The van der Waals surface area contributed by atoms with Crippen molar-refractivity contribution < 1.29 is 31.6 Å². The highest BCUT2D eigenvalue weighted by molar-refractivity contribution is 7.89. The molecular weight excluding hydrogens is 575 g/mol. The minimum absolute atomic E-state index is 0.138. The molecule has 1 fully saturated rings. The van der Waals surface area contributed by atoms with Crippen molar-refractivity contribution in [3.63, 3.8) is 0 Å². The number of pyridine rings is 1. The van der Waals surface area contributed by atoms with Crippen molar-refractivity contribution in [2.24, 2.45) is 0 Å². The number of anilines is 1. The van der Waals surface area contributed by atoms with Gasteiger partial charge in [0.25, 0.3) is 10.0 Å². The highest BCUT2D eigenvalue weighted by Gasteiger charge is 2.41. The number of hydrogen-bond donors (Lipinski definition) is 1. The molecule has 0 radical (unpaired) electrons. The van der Waals surface area contributed by atoms with Gasteiger partial charge in [0.15, 0.2) is 0 Å². The first-order chi connectivity index (χ1) is 20.3. The van der Waals surface area contributed by atoms with E-state index in [4.69, 9.17) is 9.15 Å². The summed E-state index contributed by atoms with van der Waals surface area (Å²) < 4.78 is 53.6. The Bertz CT molecular complexity index is 1730. The lowest BCUT2D eigenvalue weighted by molar-refractivity contribution is -0.124. The van der Waals surface area contributed by atoms with E-state index in [0.717, 1.165) is 4.31 Å². The molecule has 1 aliphatic heterocycles. The number of aromatic nitrogens is 1. The number of nitrogens with one attached hydrogen (secondary N) is 1. The number of fused-ring (bicyclic) bond motifs is 1. The number of furan rings is 1. The molecule has 0 bridgehead atoms. The van der Waals surface area contributed by atoms with E-state index < -0.39 is 39.5 Å². The Morgan fingerprint density at radius 1 is 1.12 bits per heavy atom. The largest absolute Gasteiger partial charge is 0.443 e. The number of sulfonamides is 1. The molecule has 2 aromatic carbocycles. The summed E-state index contributed by atoms with van der Waals surface area (Å²) >= 11 is 0. The minimum atomic E-state index is -4.06.